The number of hydrogen-bond acceptors (Lipinski definition) is 5. The van der Waals surface area contributed by atoms with Gasteiger partial charge in [0.25, 0.3) is 0 Å². The molecule has 0 fully saturated rings. The summed E-state index contributed by atoms with van der Waals surface area (Å²) in [6.07, 6.45) is 2.06. The monoisotopic (exact) mass is 257 g/mol. The van der Waals surface area contributed by atoms with Crippen LogP contribution in [0.1, 0.15) is 36.5 Å². The van der Waals surface area contributed by atoms with Crippen LogP contribution < -0.4 is 11.1 Å². The number of thiazole rings is 1. The first kappa shape index (κ1) is 14.6. The van der Waals surface area contributed by atoms with Gasteiger partial charge in [0.05, 0.1) is 12.6 Å². The van der Waals surface area contributed by atoms with Crippen LogP contribution in [0.2, 0.25) is 0 Å². The molecule has 0 bridgehead atoms. The van der Waals surface area contributed by atoms with Gasteiger partial charge in [0.1, 0.15) is 5.01 Å². The largest absolute Gasteiger partial charge is 0.383 e. The summed E-state index contributed by atoms with van der Waals surface area (Å²) < 4.78 is 5.22. The Morgan fingerprint density at radius 3 is 2.88 bits per heavy atom. The molecule has 0 saturated heterocycles. The summed E-state index contributed by atoms with van der Waals surface area (Å²) in [5, 5.41) is 6.77. The van der Waals surface area contributed by atoms with E-state index in [1.54, 1.807) is 18.4 Å². The first-order valence-corrected chi connectivity index (χ1v) is 6.92. The molecular formula is C12H23N3OS. The normalized spacial score (nSPS) is 14.8. The maximum Gasteiger partial charge on any atom is 0.110 e. The molecule has 0 amide bonds. The second kappa shape index (κ2) is 7.76. The molecule has 98 valence electrons. The molecule has 0 aromatic carbocycles. The number of nitrogens with two attached hydrogens (primary N) is 1. The van der Waals surface area contributed by atoms with Gasteiger partial charge in [0.2, 0.25) is 0 Å². The van der Waals surface area contributed by atoms with Crippen LogP contribution in [0.3, 0.4) is 0 Å². The van der Waals surface area contributed by atoms with Crippen LogP contribution in [0.4, 0.5) is 0 Å². The minimum Gasteiger partial charge on any atom is -0.383 e. The van der Waals surface area contributed by atoms with Gasteiger partial charge < -0.3 is 15.8 Å². The third kappa shape index (κ3) is 5.12. The van der Waals surface area contributed by atoms with E-state index in [9.17, 15) is 0 Å². The third-order valence-electron chi connectivity index (χ3n) is 2.62. The van der Waals surface area contributed by atoms with Crippen LogP contribution in [0.15, 0.2) is 5.38 Å². The molecule has 1 rings (SSSR count). The Morgan fingerprint density at radius 1 is 1.59 bits per heavy atom. The summed E-state index contributed by atoms with van der Waals surface area (Å²) in [5.74, 6) is 0. The second-order valence-corrected chi connectivity index (χ2v) is 5.19. The number of aromatic nitrogens is 1. The summed E-state index contributed by atoms with van der Waals surface area (Å²) in [7, 11) is 1.73. The van der Waals surface area contributed by atoms with E-state index in [2.05, 4.69) is 22.6 Å². The Kier molecular flexibility index (Phi) is 6.65. The summed E-state index contributed by atoms with van der Waals surface area (Å²) >= 11 is 1.70. The van der Waals surface area contributed by atoms with Crippen LogP contribution in [-0.2, 0) is 4.74 Å². The van der Waals surface area contributed by atoms with E-state index < -0.39 is 0 Å². The van der Waals surface area contributed by atoms with Crippen LogP contribution in [0, 0.1) is 6.92 Å². The molecule has 1 heterocycles. The van der Waals surface area contributed by atoms with Crippen molar-refractivity contribution in [1.82, 2.24) is 10.3 Å². The van der Waals surface area contributed by atoms with Gasteiger partial charge >= 0.3 is 0 Å². The molecule has 17 heavy (non-hydrogen) atoms. The standard InChI is InChI=1S/C12H23N3OS/c1-9-8-17-12(14-9)10(2)15-11(7-16-3)5-4-6-13/h8,10-11,15H,4-7,13H2,1-3H3. The Bertz CT molecular complexity index is 316. The number of nitrogens with one attached hydrogen (secondary N) is 1. The average molecular weight is 257 g/mol. The van der Waals surface area contributed by atoms with Crippen molar-refractivity contribution in [2.24, 2.45) is 5.73 Å². The molecule has 0 aliphatic rings. The second-order valence-electron chi connectivity index (χ2n) is 4.30. The van der Waals surface area contributed by atoms with Crippen LogP contribution in [0.5, 0.6) is 0 Å². The minimum atomic E-state index is 0.270. The van der Waals surface area contributed by atoms with Gasteiger partial charge in [-0.2, -0.15) is 0 Å². The smallest absolute Gasteiger partial charge is 0.110 e. The fourth-order valence-electron chi connectivity index (χ4n) is 1.78. The molecular weight excluding hydrogens is 234 g/mol. The predicted octanol–water partition coefficient (Wildman–Crippen LogP) is 1.86. The van der Waals surface area contributed by atoms with Gasteiger partial charge in [-0.1, -0.05) is 0 Å². The average Bonchev–Trinajstić information content (AvgIpc) is 2.73. The molecule has 1 aromatic rings. The van der Waals surface area contributed by atoms with Crippen molar-refractivity contribution in [2.45, 2.75) is 38.8 Å². The maximum absolute atomic E-state index is 5.54. The van der Waals surface area contributed by atoms with Crippen molar-refractivity contribution >= 4 is 11.3 Å². The lowest BCUT2D eigenvalue weighted by molar-refractivity contribution is 0.156. The lowest BCUT2D eigenvalue weighted by atomic mass is 10.1. The topological polar surface area (TPSA) is 60.2 Å². The quantitative estimate of drug-likeness (QED) is 0.746. The van der Waals surface area contributed by atoms with Crippen molar-refractivity contribution < 1.29 is 4.74 Å². The highest BCUT2D eigenvalue weighted by molar-refractivity contribution is 7.09. The maximum atomic E-state index is 5.54. The summed E-state index contributed by atoms with van der Waals surface area (Å²) in [4.78, 5) is 4.49. The van der Waals surface area contributed by atoms with Crippen molar-refractivity contribution in [3.8, 4) is 0 Å². The molecule has 5 heteroatoms. The van der Waals surface area contributed by atoms with Gasteiger partial charge in [-0.05, 0) is 33.2 Å². The Hall–Kier alpha value is -0.490. The molecule has 2 atom stereocenters. The highest BCUT2D eigenvalue weighted by atomic mass is 32.1. The molecule has 1 aromatic heterocycles. The predicted molar refractivity (Wildman–Crippen MR) is 72.4 cm³/mol. The molecule has 3 N–H and O–H groups in total. The first-order chi connectivity index (χ1) is 8.17. The van der Waals surface area contributed by atoms with E-state index in [1.165, 1.54) is 0 Å². The zero-order valence-corrected chi connectivity index (χ0v) is 11.7. The molecule has 0 radical (unpaired) electrons. The molecule has 4 nitrogen and oxygen atoms in total. The highest BCUT2D eigenvalue weighted by Gasteiger charge is 2.15. The molecule has 0 aliphatic heterocycles. The number of hydrogen-bond donors (Lipinski definition) is 2. The summed E-state index contributed by atoms with van der Waals surface area (Å²) in [6.45, 7) is 5.61. The Balaban J connectivity index is 2.47. The molecule has 0 saturated carbocycles. The van der Waals surface area contributed by atoms with Crippen molar-refractivity contribution in [3.63, 3.8) is 0 Å². The van der Waals surface area contributed by atoms with Crippen LogP contribution in [-0.4, -0.2) is 31.3 Å². The summed E-state index contributed by atoms with van der Waals surface area (Å²) in [5.41, 5.74) is 6.63. The lowest BCUT2D eigenvalue weighted by Crippen LogP contribution is -2.35. The molecule has 0 aliphatic carbocycles. The number of nitrogens with zero attached hydrogens (tertiary/aromatic N) is 1. The van der Waals surface area contributed by atoms with E-state index in [0.29, 0.717) is 12.6 Å². The Labute approximate surface area is 108 Å². The summed E-state index contributed by atoms with van der Waals surface area (Å²) in [6, 6.07) is 0.620. The first-order valence-electron chi connectivity index (χ1n) is 6.04. The number of methoxy groups -OCH3 is 1. The van der Waals surface area contributed by atoms with Crippen molar-refractivity contribution in [1.29, 1.82) is 0 Å². The minimum absolute atomic E-state index is 0.270. The fourth-order valence-corrected chi connectivity index (χ4v) is 2.59. The van der Waals surface area contributed by atoms with Gasteiger partial charge in [-0.3, -0.25) is 0 Å². The van der Waals surface area contributed by atoms with E-state index in [4.69, 9.17) is 10.5 Å². The van der Waals surface area contributed by atoms with Gasteiger partial charge in [-0.25, -0.2) is 4.98 Å². The third-order valence-corrected chi connectivity index (χ3v) is 3.76. The van der Waals surface area contributed by atoms with Gasteiger partial charge in [0.15, 0.2) is 0 Å². The highest BCUT2D eigenvalue weighted by Crippen LogP contribution is 2.18. The van der Waals surface area contributed by atoms with E-state index in [0.717, 1.165) is 30.1 Å². The zero-order chi connectivity index (χ0) is 12.7. The molecule has 2 unspecified atom stereocenters. The van der Waals surface area contributed by atoms with E-state index >= 15 is 0 Å². The number of aryl methyl sites for hydroxylation is 1. The van der Waals surface area contributed by atoms with Gasteiger partial charge in [0, 0.05) is 24.2 Å². The van der Waals surface area contributed by atoms with Crippen molar-refractivity contribution in [3.05, 3.63) is 16.1 Å². The van der Waals surface area contributed by atoms with E-state index in [-0.39, 0.29) is 6.04 Å². The molecule has 0 spiro atoms. The Morgan fingerprint density at radius 2 is 2.35 bits per heavy atom. The van der Waals surface area contributed by atoms with Crippen molar-refractivity contribution in [2.75, 3.05) is 20.3 Å². The van der Waals surface area contributed by atoms with E-state index in [1.807, 2.05) is 6.92 Å². The SMILES string of the molecule is COCC(CCCN)NC(C)c1nc(C)cs1. The number of ether oxygens (including phenoxy) is 1. The van der Waals surface area contributed by atoms with Gasteiger partial charge in [-0.15, -0.1) is 11.3 Å². The lowest BCUT2D eigenvalue weighted by Gasteiger charge is -2.21. The fraction of sp³-hybridized carbons (Fsp3) is 0.750. The number of rotatable bonds is 8. The van der Waals surface area contributed by atoms with Crippen LogP contribution >= 0.6 is 11.3 Å². The zero-order valence-electron chi connectivity index (χ0n) is 10.9. The van der Waals surface area contributed by atoms with Crippen LogP contribution in [0.25, 0.3) is 0 Å².